The van der Waals surface area contributed by atoms with Gasteiger partial charge in [0.15, 0.2) is 0 Å². The van der Waals surface area contributed by atoms with Gasteiger partial charge in [-0.3, -0.25) is 4.79 Å². The van der Waals surface area contributed by atoms with Gasteiger partial charge >= 0.3 is 0 Å². The molecule has 1 aliphatic heterocycles. The number of nitrogens with two attached hydrogens (primary N) is 1. The minimum absolute atomic E-state index is 0.0758. The van der Waals surface area contributed by atoms with E-state index in [1.807, 2.05) is 18.2 Å². The summed E-state index contributed by atoms with van der Waals surface area (Å²) in [7, 11) is 0. The van der Waals surface area contributed by atoms with Crippen molar-refractivity contribution in [1.29, 1.82) is 0 Å². The fraction of sp³-hybridized carbons (Fsp3) is 0.125. The topological polar surface area (TPSA) is 55.1 Å². The lowest BCUT2D eigenvalue weighted by molar-refractivity contribution is 0.0957. The monoisotopic (exact) mass is 148 g/mol. The Morgan fingerprint density at radius 2 is 2.09 bits per heavy atom. The van der Waals surface area contributed by atoms with Gasteiger partial charge in [0.25, 0.3) is 5.91 Å². The fourth-order valence-electron chi connectivity index (χ4n) is 1.27. The first kappa shape index (κ1) is 6.37. The molecule has 11 heavy (non-hydrogen) atoms. The van der Waals surface area contributed by atoms with Crippen LogP contribution in [-0.2, 0) is 0 Å². The van der Waals surface area contributed by atoms with Crippen molar-refractivity contribution in [3.05, 3.63) is 35.4 Å². The number of benzene rings is 1. The first-order valence-electron chi connectivity index (χ1n) is 3.44. The van der Waals surface area contributed by atoms with Crippen LogP contribution in [0.2, 0.25) is 0 Å². The number of rotatable bonds is 0. The molecule has 0 saturated heterocycles. The van der Waals surface area contributed by atoms with E-state index in [2.05, 4.69) is 5.32 Å². The maximum Gasteiger partial charge on any atom is 0.253 e. The van der Waals surface area contributed by atoms with Gasteiger partial charge in [0.1, 0.15) is 6.17 Å². The minimum Gasteiger partial charge on any atom is -0.333 e. The number of nitrogens with one attached hydrogen (secondary N) is 1. The summed E-state index contributed by atoms with van der Waals surface area (Å²) in [5.74, 6) is -0.0758. The quantitative estimate of drug-likeness (QED) is 0.559. The van der Waals surface area contributed by atoms with Gasteiger partial charge in [0.05, 0.1) is 0 Å². The van der Waals surface area contributed by atoms with Crippen LogP contribution in [-0.4, -0.2) is 5.91 Å². The number of carbonyl (C=O) groups excluding carboxylic acids is 1. The number of carbonyl (C=O) groups is 1. The smallest absolute Gasteiger partial charge is 0.253 e. The molecule has 0 spiro atoms. The molecule has 2 rings (SSSR count). The summed E-state index contributed by atoms with van der Waals surface area (Å²) in [6.45, 7) is 0. The molecule has 1 atom stereocenters. The lowest BCUT2D eigenvalue weighted by Gasteiger charge is -2.01. The third-order valence-corrected chi connectivity index (χ3v) is 1.83. The van der Waals surface area contributed by atoms with Gasteiger partial charge in [-0.2, -0.15) is 0 Å². The van der Waals surface area contributed by atoms with Gasteiger partial charge in [0, 0.05) is 11.1 Å². The number of fused-ring (bicyclic) bond motifs is 1. The molecular formula is C8H8N2O. The summed E-state index contributed by atoms with van der Waals surface area (Å²) in [4.78, 5) is 11.1. The second-order valence-electron chi connectivity index (χ2n) is 2.54. The normalized spacial score (nSPS) is 21.2. The predicted molar refractivity (Wildman–Crippen MR) is 40.8 cm³/mol. The summed E-state index contributed by atoms with van der Waals surface area (Å²) in [5, 5.41) is 2.62. The molecule has 3 N–H and O–H groups in total. The molecule has 0 aromatic heterocycles. The van der Waals surface area contributed by atoms with Crippen LogP contribution in [0.25, 0.3) is 0 Å². The molecule has 1 aliphatic rings. The Morgan fingerprint density at radius 1 is 1.36 bits per heavy atom. The van der Waals surface area contributed by atoms with Gasteiger partial charge in [0.2, 0.25) is 0 Å². The standard InChI is InChI=1S/C8H8N2O/c9-7-5-3-1-2-4-6(5)8(11)10-7/h1-4,7H,9H2,(H,10,11). The van der Waals surface area contributed by atoms with Crippen molar-refractivity contribution in [3.63, 3.8) is 0 Å². The van der Waals surface area contributed by atoms with E-state index in [1.165, 1.54) is 0 Å². The lowest BCUT2D eigenvalue weighted by Crippen LogP contribution is -2.25. The zero-order valence-electron chi connectivity index (χ0n) is 5.87. The van der Waals surface area contributed by atoms with E-state index in [4.69, 9.17) is 5.73 Å². The van der Waals surface area contributed by atoms with Crippen LogP contribution in [0.3, 0.4) is 0 Å². The van der Waals surface area contributed by atoms with E-state index in [-0.39, 0.29) is 12.1 Å². The highest BCUT2D eigenvalue weighted by atomic mass is 16.2. The Morgan fingerprint density at radius 3 is 2.82 bits per heavy atom. The van der Waals surface area contributed by atoms with Crippen LogP contribution in [0, 0.1) is 0 Å². The molecule has 1 heterocycles. The third-order valence-electron chi connectivity index (χ3n) is 1.83. The number of amides is 1. The maximum atomic E-state index is 11.1. The van der Waals surface area contributed by atoms with Crippen LogP contribution in [0.5, 0.6) is 0 Å². The molecule has 3 heteroatoms. The average molecular weight is 148 g/mol. The zero-order chi connectivity index (χ0) is 7.84. The van der Waals surface area contributed by atoms with Crippen LogP contribution in [0.15, 0.2) is 24.3 Å². The van der Waals surface area contributed by atoms with E-state index >= 15 is 0 Å². The highest BCUT2D eigenvalue weighted by Crippen LogP contribution is 2.20. The van der Waals surface area contributed by atoms with Crippen molar-refractivity contribution in [2.24, 2.45) is 5.73 Å². The highest BCUT2D eigenvalue weighted by Gasteiger charge is 2.24. The SMILES string of the molecule is NC1NC(=O)c2ccccc21. The molecule has 0 fully saturated rings. The maximum absolute atomic E-state index is 11.1. The van der Waals surface area contributed by atoms with Gasteiger partial charge < -0.3 is 11.1 Å². The molecular weight excluding hydrogens is 140 g/mol. The van der Waals surface area contributed by atoms with Crippen molar-refractivity contribution < 1.29 is 4.79 Å². The molecule has 1 aromatic carbocycles. The molecule has 0 saturated carbocycles. The highest BCUT2D eigenvalue weighted by molar-refractivity contribution is 5.98. The van der Waals surface area contributed by atoms with Gasteiger partial charge in [-0.1, -0.05) is 18.2 Å². The molecule has 1 amide bonds. The summed E-state index contributed by atoms with van der Waals surface area (Å²) >= 11 is 0. The molecule has 0 aliphatic carbocycles. The largest absolute Gasteiger partial charge is 0.333 e. The fourth-order valence-corrected chi connectivity index (χ4v) is 1.27. The molecule has 1 aromatic rings. The van der Waals surface area contributed by atoms with Crippen LogP contribution in [0.4, 0.5) is 0 Å². The van der Waals surface area contributed by atoms with Crippen molar-refractivity contribution in [2.45, 2.75) is 6.17 Å². The van der Waals surface area contributed by atoms with Crippen molar-refractivity contribution >= 4 is 5.91 Å². The van der Waals surface area contributed by atoms with Crippen LogP contribution >= 0.6 is 0 Å². The second kappa shape index (κ2) is 2.07. The van der Waals surface area contributed by atoms with E-state index in [0.29, 0.717) is 5.56 Å². The summed E-state index contributed by atoms with van der Waals surface area (Å²) in [5.41, 5.74) is 7.19. The average Bonchev–Trinajstić information content (AvgIpc) is 2.30. The zero-order valence-corrected chi connectivity index (χ0v) is 5.87. The van der Waals surface area contributed by atoms with Crippen molar-refractivity contribution in [1.82, 2.24) is 5.32 Å². The molecule has 1 unspecified atom stereocenters. The van der Waals surface area contributed by atoms with E-state index in [0.717, 1.165) is 5.56 Å². The van der Waals surface area contributed by atoms with Gasteiger partial charge in [-0.05, 0) is 6.07 Å². The van der Waals surface area contributed by atoms with E-state index in [1.54, 1.807) is 6.07 Å². The minimum atomic E-state index is -0.321. The second-order valence-corrected chi connectivity index (χ2v) is 2.54. The first-order valence-corrected chi connectivity index (χ1v) is 3.44. The van der Waals surface area contributed by atoms with Gasteiger partial charge in [-0.25, -0.2) is 0 Å². The Hall–Kier alpha value is -1.35. The Labute approximate surface area is 64.2 Å². The van der Waals surface area contributed by atoms with E-state index < -0.39 is 0 Å². The van der Waals surface area contributed by atoms with Crippen molar-refractivity contribution in [3.8, 4) is 0 Å². The Balaban J connectivity index is 2.60. The molecule has 3 nitrogen and oxygen atoms in total. The Bertz CT molecular complexity index is 309. The van der Waals surface area contributed by atoms with Crippen LogP contribution < -0.4 is 11.1 Å². The Kier molecular flexibility index (Phi) is 1.20. The molecule has 0 radical (unpaired) electrons. The first-order chi connectivity index (χ1) is 5.29. The third kappa shape index (κ3) is 0.816. The van der Waals surface area contributed by atoms with Gasteiger partial charge in [-0.15, -0.1) is 0 Å². The summed E-state index contributed by atoms with van der Waals surface area (Å²) < 4.78 is 0. The lowest BCUT2D eigenvalue weighted by atomic mass is 10.1. The van der Waals surface area contributed by atoms with Crippen molar-refractivity contribution in [2.75, 3.05) is 0 Å². The van der Waals surface area contributed by atoms with E-state index in [9.17, 15) is 4.79 Å². The predicted octanol–water partition coefficient (Wildman–Crippen LogP) is 0.387. The summed E-state index contributed by atoms with van der Waals surface area (Å²) in [6, 6.07) is 7.34. The molecule has 0 bridgehead atoms. The van der Waals surface area contributed by atoms with Crippen LogP contribution in [0.1, 0.15) is 22.1 Å². The number of hydrogen-bond donors (Lipinski definition) is 2. The summed E-state index contributed by atoms with van der Waals surface area (Å²) in [6.07, 6.45) is -0.321. The molecule has 56 valence electrons. The number of hydrogen-bond acceptors (Lipinski definition) is 2.